The zero-order valence-corrected chi connectivity index (χ0v) is 16.0. The number of methoxy groups -OCH3 is 2. The van der Waals surface area contributed by atoms with E-state index in [9.17, 15) is 4.79 Å². The fourth-order valence-electron chi connectivity index (χ4n) is 2.58. The van der Waals surface area contributed by atoms with Gasteiger partial charge in [-0.25, -0.2) is 9.97 Å². The summed E-state index contributed by atoms with van der Waals surface area (Å²) in [6.45, 7) is 2.51. The number of carbonyl (C=O) groups is 1. The van der Waals surface area contributed by atoms with Crippen molar-refractivity contribution in [2.75, 3.05) is 24.9 Å². The molecule has 3 aromatic rings. The number of aromatic nitrogens is 2. The quantitative estimate of drug-likeness (QED) is 0.653. The molecule has 144 valence electrons. The van der Waals surface area contributed by atoms with Gasteiger partial charge in [0.1, 0.15) is 11.5 Å². The van der Waals surface area contributed by atoms with Crippen LogP contribution in [0.15, 0.2) is 54.9 Å². The van der Waals surface area contributed by atoms with Crippen LogP contribution in [0, 0.1) is 6.92 Å². The molecule has 1 heterocycles. The Morgan fingerprint density at radius 2 is 1.71 bits per heavy atom. The Kier molecular flexibility index (Phi) is 6.06. The van der Waals surface area contributed by atoms with E-state index in [0.717, 1.165) is 16.9 Å². The number of carbonyl (C=O) groups excluding carboxylic acids is 1. The highest BCUT2D eigenvalue weighted by atomic mass is 16.5. The van der Waals surface area contributed by atoms with Crippen molar-refractivity contribution in [2.45, 2.75) is 13.5 Å². The summed E-state index contributed by atoms with van der Waals surface area (Å²) in [6.07, 6.45) is 2.97. The summed E-state index contributed by atoms with van der Waals surface area (Å²) in [6, 6.07) is 13.3. The molecule has 0 radical (unpaired) electrons. The van der Waals surface area contributed by atoms with Gasteiger partial charge in [0.05, 0.1) is 25.5 Å². The molecule has 0 unspecified atom stereocenters. The minimum atomic E-state index is -0.300. The van der Waals surface area contributed by atoms with E-state index in [4.69, 9.17) is 9.47 Å². The van der Waals surface area contributed by atoms with Crippen LogP contribution in [0.1, 0.15) is 21.5 Å². The first-order chi connectivity index (χ1) is 13.6. The molecule has 2 N–H and O–H groups in total. The third kappa shape index (κ3) is 4.76. The Labute approximate surface area is 163 Å². The summed E-state index contributed by atoms with van der Waals surface area (Å²) in [5, 5.41) is 5.96. The van der Waals surface area contributed by atoms with Gasteiger partial charge in [0.25, 0.3) is 5.91 Å². The third-order valence-corrected chi connectivity index (χ3v) is 4.13. The van der Waals surface area contributed by atoms with E-state index in [-0.39, 0.29) is 5.91 Å². The van der Waals surface area contributed by atoms with Crippen LogP contribution in [0.3, 0.4) is 0 Å². The number of hydrogen-bond donors (Lipinski definition) is 2. The molecule has 7 nitrogen and oxygen atoms in total. The molecule has 0 aliphatic heterocycles. The van der Waals surface area contributed by atoms with Gasteiger partial charge in [-0.3, -0.25) is 4.79 Å². The van der Waals surface area contributed by atoms with Gasteiger partial charge in [0.2, 0.25) is 5.95 Å². The van der Waals surface area contributed by atoms with Gasteiger partial charge in [0, 0.05) is 18.9 Å². The highest BCUT2D eigenvalue weighted by Crippen LogP contribution is 2.25. The van der Waals surface area contributed by atoms with Crippen LogP contribution in [0.2, 0.25) is 0 Å². The Morgan fingerprint density at radius 1 is 1.00 bits per heavy atom. The van der Waals surface area contributed by atoms with Gasteiger partial charge in [-0.15, -0.1) is 0 Å². The number of aryl methyl sites for hydroxylation is 1. The molecule has 0 aliphatic rings. The van der Waals surface area contributed by atoms with Crippen molar-refractivity contribution in [1.82, 2.24) is 9.97 Å². The van der Waals surface area contributed by atoms with Gasteiger partial charge in [-0.1, -0.05) is 18.2 Å². The van der Waals surface area contributed by atoms with Gasteiger partial charge in [-0.05, 0) is 42.3 Å². The maximum absolute atomic E-state index is 12.5. The molecular weight excluding hydrogens is 356 g/mol. The van der Waals surface area contributed by atoms with Gasteiger partial charge >= 0.3 is 0 Å². The number of benzene rings is 2. The second kappa shape index (κ2) is 8.85. The summed E-state index contributed by atoms with van der Waals surface area (Å²) in [4.78, 5) is 20.9. The number of hydrogen-bond acceptors (Lipinski definition) is 6. The van der Waals surface area contributed by atoms with Crippen molar-refractivity contribution >= 4 is 17.5 Å². The molecule has 0 spiro atoms. The number of rotatable bonds is 7. The van der Waals surface area contributed by atoms with Crippen LogP contribution in [-0.2, 0) is 6.54 Å². The first-order valence-electron chi connectivity index (χ1n) is 8.74. The monoisotopic (exact) mass is 378 g/mol. The van der Waals surface area contributed by atoms with E-state index >= 15 is 0 Å². The van der Waals surface area contributed by atoms with Crippen molar-refractivity contribution in [2.24, 2.45) is 0 Å². The predicted octanol–water partition coefficient (Wildman–Crippen LogP) is 3.67. The number of nitrogens with one attached hydrogen (secondary N) is 2. The summed E-state index contributed by atoms with van der Waals surface area (Å²) in [7, 11) is 3.19. The molecule has 0 atom stereocenters. The molecule has 7 heteroatoms. The van der Waals surface area contributed by atoms with Crippen molar-refractivity contribution in [3.8, 4) is 11.5 Å². The Balaban J connectivity index is 1.61. The Morgan fingerprint density at radius 3 is 2.36 bits per heavy atom. The van der Waals surface area contributed by atoms with Crippen molar-refractivity contribution in [3.63, 3.8) is 0 Å². The van der Waals surface area contributed by atoms with E-state index in [2.05, 4.69) is 20.6 Å². The lowest BCUT2D eigenvalue weighted by Crippen LogP contribution is -2.14. The summed E-state index contributed by atoms with van der Waals surface area (Å²) in [5.74, 6) is 1.55. The van der Waals surface area contributed by atoms with Crippen molar-refractivity contribution in [3.05, 3.63) is 71.5 Å². The molecular formula is C21H22N4O3. The molecule has 0 bridgehead atoms. The first-order valence-corrected chi connectivity index (χ1v) is 8.74. The lowest BCUT2D eigenvalue weighted by molar-refractivity contribution is 0.102. The van der Waals surface area contributed by atoms with Crippen molar-refractivity contribution < 1.29 is 14.3 Å². The van der Waals surface area contributed by atoms with Crippen LogP contribution >= 0.6 is 0 Å². The van der Waals surface area contributed by atoms with Crippen LogP contribution in [0.5, 0.6) is 11.5 Å². The number of ether oxygens (including phenoxy) is 2. The van der Waals surface area contributed by atoms with Gasteiger partial charge < -0.3 is 20.1 Å². The van der Waals surface area contributed by atoms with Crippen LogP contribution in [0.25, 0.3) is 0 Å². The van der Waals surface area contributed by atoms with Gasteiger partial charge in [0.15, 0.2) is 0 Å². The zero-order valence-electron chi connectivity index (χ0n) is 16.0. The Hall–Kier alpha value is -3.61. The van der Waals surface area contributed by atoms with E-state index in [1.165, 1.54) is 12.4 Å². The molecule has 1 aromatic heterocycles. The van der Waals surface area contributed by atoms with Crippen molar-refractivity contribution in [1.29, 1.82) is 0 Å². The maximum atomic E-state index is 12.5. The number of nitrogens with zero attached hydrogens (tertiary/aromatic N) is 2. The molecule has 0 saturated carbocycles. The summed E-state index contributed by atoms with van der Waals surface area (Å²) < 4.78 is 10.4. The molecule has 28 heavy (non-hydrogen) atoms. The topological polar surface area (TPSA) is 85.4 Å². The zero-order chi connectivity index (χ0) is 19.9. The Bertz CT molecular complexity index is 941. The van der Waals surface area contributed by atoms with Gasteiger partial charge in [-0.2, -0.15) is 0 Å². The van der Waals surface area contributed by atoms with Crippen LogP contribution in [-0.4, -0.2) is 30.1 Å². The molecule has 3 rings (SSSR count). The minimum absolute atomic E-state index is 0.300. The normalized spacial score (nSPS) is 10.2. The highest BCUT2D eigenvalue weighted by molar-refractivity contribution is 6.04. The lowest BCUT2D eigenvalue weighted by Gasteiger charge is -2.11. The summed E-state index contributed by atoms with van der Waals surface area (Å²) >= 11 is 0. The average Bonchev–Trinajstić information content (AvgIpc) is 2.73. The summed E-state index contributed by atoms with van der Waals surface area (Å²) in [5.41, 5.74) is 3.05. The standard InChI is InChI=1S/C21H22N4O3/c1-14-4-9-19(28-3)18(10-14)25-20(26)16-12-23-21(24-13-16)22-11-15-5-7-17(27-2)8-6-15/h4-10,12-13H,11H2,1-3H3,(H,25,26)(H,22,23,24). The molecule has 0 aliphatic carbocycles. The van der Waals surface area contributed by atoms with Crippen LogP contribution in [0.4, 0.5) is 11.6 Å². The largest absolute Gasteiger partial charge is 0.497 e. The highest BCUT2D eigenvalue weighted by Gasteiger charge is 2.11. The van der Waals surface area contributed by atoms with E-state index in [1.54, 1.807) is 14.2 Å². The smallest absolute Gasteiger partial charge is 0.258 e. The number of amides is 1. The molecule has 2 aromatic carbocycles. The SMILES string of the molecule is COc1ccc(CNc2ncc(C(=O)Nc3cc(C)ccc3OC)cn2)cc1. The predicted molar refractivity (Wildman–Crippen MR) is 108 cm³/mol. The van der Waals surface area contributed by atoms with E-state index in [1.807, 2.05) is 49.4 Å². The second-order valence-corrected chi connectivity index (χ2v) is 6.15. The number of anilines is 2. The molecule has 0 fully saturated rings. The fraction of sp³-hybridized carbons (Fsp3) is 0.190. The minimum Gasteiger partial charge on any atom is -0.497 e. The second-order valence-electron chi connectivity index (χ2n) is 6.15. The molecule has 1 amide bonds. The fourth-order valence-corrected chi connectivity index (χ4v) is 2.58. The van der Waals surface area contributed by atoms with Crippen LogP contribution < -0.4 is 20.1 Å². The molecule has 0 saturated heterocycles. The first kappa shape index (κ1) is 19.2. The average molecular weight is 378 g/mol. The maximum Gasteiger partial charge on any atom is 0.258 e. The van der Waals surface area contributed by atoms with E-state index < -0.39 is 0 Å². The lowest BCUT2D eigenvalue weighted by atomic mass is 10.2. The van der Waals surface area contributed by atoms with E-state index in [0.29, 0.717) is 29.5 Å². The third-order valence-electron chi connectivity index (χ3n) is 4.13.